The van der Waals surface area contributed by atoms with Gasteiger partial charge in [0.1, 0.15) is 11.6 Å². The Labute approximate surface area is 221 Å². The summed E-state index contributed by atoms with van der Waals surface area (Å²) >= 11 is 12.4. The number of pyridine rings is 2. The number of nitrogens with zero attached hydrogens (tertiary/aromatic N) is 2. The van der Waals surface area contributed by atoms with E-state index in [1.165, 1.54) is 24.3 Å². The van der Waals surface area contributed by atoms with Crippen LogP contribution in [0.4, 0.5) is 20.2 Å². The number of hydrogen-bond donors (Lipinski definition) is 2. The van der Waals surface area contributed by atoms with Crippen LogP contribution in [0.2, 0.25) is 10.0 Å². The van der Waals surface area contributed by atoms with Crippen molar-refractivity contribution in [3.8, 4) is 0 Å². The zero-order chi connectivity index (χ0) is 25.5. The van der Waals surface area contributed by atoms with E-state index in [2.05, 4.69) is 20.6 Å². The first-order valence-corrected chi connectivity index (χ1v) is 12.6. The molecule has 0 unspecified atom stereocenters. The third kappa shape index (κ3) is 4.59. The van der Waals surface area contributed by atoms with Gasteiger partial charge in [0, 0.05) is 44.7 Å². The highest BCUT2D eigenvalue weighted by Gasteiger charge is 2.12. The molecule has 37 heavy (non-hydrogen) atoms. The third-order valence-electron chi connectivity index (χ3n) is 6.35. The van der Waals surface area contributed by atoms with Gasteiger partial charge in [-0.2, -0.15) is 0 Å². The SMILES string of the molecule is Fc1ccc2nc3cc(Cl)ccc3c(NCCCNc3c4ccc(Cl)cc4nc4ccc(F)cc34)c2c1. The molecule has 0 amide bonds. The van der Waals surface area contributed by atoms with E-state index in [9.17, 15) is 8.78 Å². The number of fused-ring (bicyclic) bond motifs is 4. The van der Waals surface area contributed by atoms with Crippen molar-refractivity contribution in [1.29, 1.82) is 0 Å². The smallest absolute Gasteiger partial charge is 0.124 e. The average molecular weight is 533 g/mol. The molecule has 2 heterocycles. The van der Waals surface area contributed by atoms with Crippen LogP contribution in [-0.2, 0) is 0 Å². The zero-order valence-corrected chi connectivity index (χ0v) is 21.0. The van der Waals surface area contributed by atoms with Gasteiger partial charge in [-0.15, -0.1) is 0 Å². The van der Waals surface area contributed by atoms with E-state index in [4.69, 9.17) is 23.2 Å². The number of halogens is 4. The molecule has 0 atom stereocenters. The van der Waals surface area contributed by atoms with Crippen LogP contribution >= 0.6 is 23.2 Å². The first-order chi connectivity index (χ1) is 18.0. The molecular formula is C29H20Cl2F2N4. The van der Waals surface area contributed by atoms with Crippen molar-refractivity contribution in [2.24, 2.45) is 0 Å². The minimum absolute atomic E-state index is 0.323. The Balaban J connectivity index is 1.27. The summed E-state index contributed by atoms with van der Waals surface area (Å²) in [5.41, 5.74) is 4.48. The summed E-state index contributed by atoms with van der Waals surface area (Å²) < 4.78 is 28.2. The summed E-state index contributed by atoms with van der Waals surface area (Å²) in [6.07, 6.45) is 0.739. The molecule has 0 spiro atoms. The van der Waals surface area contributed by atoms with E-state index in [1.807, 2.05) is 12.1 Å². The van der Waals surface area contributed by atoms with Gasteiger partial charge in [-0.05, 0) is 79.2 Å². The van der Waals surface area contributed by atoms with Crippen LogP contribution in [0.5, 0.6) is 0 Å². The fourth-order valence-corrected chi connectivity index (χ4v) is 5.01. The molecule has 0 saturated heterocycles. The lowest BCUT2D eigenvalue weighted by molar-refractivity contribution is 0.629. The Morgan fingerprint density at radius 3 is 1.46 bits per heavy atom. The number of rotatable bonds is 6. The number of nitrogens with one attached hydrogen (secondary N) is 2. The Hall–Kier alpha value is -3.74. The molecule has 6 aromatic rings. The van der Waals surface area contributed by atoms with Crippen LogP contribution < -0.4 is 10.6 Å². The van der Waals surface area contributed by atoms with Crippen LogP contribution in [0.3, 0.4) is 0 Å². The Morgan fingerprint density at radius 1 is 0.541 bits per heavy atom. The second-order valence-corrected chi connectivity index (χ2v) is 9.70. The highest BCUT2D eigenvalue weighted by Crippen LogP contribution is 2.34. The number of anilines is 2. The molecule has 2 aromatic heterocycles. The van der Waals surface area contributed by atoms with E-state index >= 15 is 0 Å². The maximum absolute atomic E-state index is 14.1. The summed E-state index contributed by atoms with van der Waals surface area (Å²) in [5.74, 6) is -0.646. The molecule has 0 aliphatic rings. The molecule has 0 fully saturated rings. The molecule has 0 radical (unpaired) electrons. The van der Waals surface area contributed by atoms with Crippen molar-refractivity contribution in [2.75, 3.05) is 23.7 Å². The van der Waals surface area contributed by atoms with Gasteiger partial charge in [-0.1, -0.05) is 23.2 Å². The van der Waals surface area contributed by atoms with Gasteiger partial charge < -0.3 is 10.6 Å². The molecular weight excluding hydrogens is 513 g/mol. The highest BCUT2D eigenvalue weighted by atomic mass is 35.5. The van der Waals surface area contributed by atoms with Crippen molar-refractivity contribution in [2.45, 2.75) is 6.42 Å². The van der Waals surface area contributed by atoms with Crippen LogP contribution in [0.15, 0.2) is 72.8 Å². The van der Waals surface area contributed by atoms with Crippen molar-refractivity contribution in [1.82, 2.24) is 9.97 Å². The quantitative estimate of drug-likeness (QED) is 0.166. The van der Waals surface area contributed by atoms with Crippen molar-refractivity contribution in [3.05, 3.63) is 94.5 Å². The van der Waals surface area contributed by atoms with E-state index < -0.39 is 0 Å². The molecule has 8 heteroatoms. The van der Waals surface area contributed by atoms with E-state index in [-0.39, 0.29) is 11.6 Å². The standard InChI is InChI=1S/C29H20Cl2F2N4/c30-16-2-6-20-26(12-16)36-24-8-4-18(32)14-22(24)28(20)34-10-1-11-35-29-21-7-3-17(31)13-27(21)37-25-9-5-19(33)15-23(25)29/h2-9,12-15H,1,10-11H2,(H,34,36)(H,35,37). The predicted molar refractivity (Wildman–Crippen MR) is 150 cm³/mol. The third-order valence-corrected chi connectivity index (χ3v) is 6.82. The number of hydrogen-bond acceptors (Lipinski definition) is 4. The molecule has 4 aromatic carbocycles. The Bertz CT molecular complexity index is 1690. The van der Waals surface area contributed by atoms with E-state index in [1.54, 1.807) is 36.4 Å². The summed E-state index contributed by atoms with van der Waals surface area (Å²) in [4.78, 5) is 9.29. The number of aromatic nitrogens is 2. The maximum atomic E-state index is 14.1. The lowest BCUT2D eigenvalue weighted by Gasteiger charge is -2.16. The van der Waals surface area contributed by atoms with Crippen LogP contribution in [0, 0.1) is 11.6 Å². The van der Waals surface area contributed by atoms with Gasteiger partial charge >= 0.3 is 0 Å². The fraction of sp³-hybridized carbons (Fsp3) is 0.103. The monoisotopic (exact) mass is 532 g/mol. The Kier molecular flexibility index (Phi) is 6.14. The topological polar surface area (TPSA) is 49.8 Å². The van der Waals surface area contributed by atoms with Gasteiger partial charge in [-0.25, -0.2) is 18.7 Å². The van der Waals surface area contributed by atoms with Crippen molar-refractivity contribution >= 4 is 78.2 Å². The van der Waals surface area contributed by atoms with E-state index in [0.29, 0.717) is 44.9 Å². The zero-order valence-electron chi connectivity index (χ0n) is 19.5. The minimum atomic E-state index is -0.323. The second kappa shape index (κ2) is 9.61. The van der Waals surface area contributed by atoms with Crippen LogP contribution in [0.1, 0.15) is 6.42 Å². The molecule has 0 aliphatic carbocycles. The largest absolute Gasteiger partial charge is 0.384 e. The van der Waals surface area contributed by atoms with Crippen LogP contribution in [0.25, 0.3) is 43.6 Å². The first kappa shape index (κ1) is 23.6. The fourth-order valence-electron chi connectivity index (χ4n) is 4.68. The van der Waals surface area contributed by atoms with Gasteiger partial charge in [-0.3, -0.25) is 0 Å². The average Bonchev–Trinajstić information content (AvgIpc) is 2.87. The molecule has 4 nitrogen and oxygen atoms in total. The summed E-state index contributed by atoms with van der Waals surface area (Å²) in [5, 5.41) is 11.3. The molecule has 2 N–H and O–H groups in total. The summed E-state index contributed by atoms with van der Waals surface area (Å²) in [7, 11) is 0. The second-order valence-electron chi connectivity index (χ2n) is 8.83. The molecule has 184 valence electrons. The first-order valence-electron chi connectivity index (χ1n) is 11.8. The molecule has 0 saturated carbocycles. The molecule has 6 rings (SSSR count). The predicted octanol–water partition coefficient (Wildman–Crippen LogP) is 8.59. The molecule has 0 aliphatic heterocycles. The lowest BCUT2D eigenvalue weighted by atomic mass is 10.1. The van der Waals surface area contributed by atoms with Gasteiger partial charge in [0.2, 0.25) is 0 Å². The molecule has 0 bridgehead atoms. The van der Waals surface area contributed by atoms with Gasteiger partial charge in [0.15, 0.2) is 0 Å². The highest BCUT2D eigenvalue weighted by molar-refractivity contribution is 6.32. The van der Waals surface area contributed by atoms with Crippen molar-refractivity contribution < 1.29 is 8.78 Å². The normalized spacial score (nSPS) is 11.6. The Morgan fingerprint density at radius 2 is 1.00 bits per heavy atom. The van der Waals surface area contributed by atoms with Crippen molar-refractivity contribution in [3.63, 3.8) is 0 Å². The van der Waals surface area contributed by atoms with Gasteiger partial charge in [0.05, 0.1) is 33.4 Å². The van der Waals surface area contributed by atoms with E-state index in [0.717, 1.165) is 39.6 Å². The minimum Gasteiger partial charge on any atom is -0.384 e. The lowest BCUT2D eigenvalue weighted by Crippen LogP contribution is -2.10. The summed E-state index contributed by atoms with van der Waals surface area (Å²) in [6.45, 7) is 1.23. The number of benzene rings is 4. The maximum Gasteiger partial charge on any atom is 0.124 e. The van der Waals surface area contributed by atoms with Gasteiger partial charge in [0.25, 0.3) is 0 Å². The van der Waals surface area contributed by atoms with Crippen LogP contribution in [-0.4, -0.2) is 23.1 Å². The summed E-state index contributed by atoms with van der Waals surface area (Å²) in [6, 6.07) is 20.1.